The number of piperidine rings is 1. The van der Waals surface area contributed by atoms with Crippen LogP contribution in [0.2, 0.25) is 0 Å². The number of nitrogens with zero attached hydrogens (tertiary/aromatic N) is 1. The van der Waals surface area contributed by atoms with E-state index in [0.717, 1.165) is 0 Å². The van der Waals surface area contributed by atoms with Crippen molar-refractivity contribution in [1.29, 1.82) is 0 Å². The Hall–Kier alpha value is -0.690. The molecule has 1 rings (SSSR count). The molecule has 1 aliphatic rings. The fourth-order valence-corrected chi connectivity index (χ4v) is 3.26. The molecule has 0 aromatic heterocycles. The van der Waals surface area contributed by atoms with Crippen molar-refractivity contribution < 1.29 is 18.1 Å². The van der Waals surface area contributed by atoms with Crippen LogP contribution in [0.15, 0.2) is 0 Å². The third-order valence-electron chi connectivity index (χ3n) is 3.74. The first kappa shape index (κ1) is 20.4. The standard InChI is InChI=1S/C16H31FN2O3S/c1-15(2,3)22-14(20)19-9-7-12(8-10-19)13(11-17)18-23(21)16(4,5)6/h12-13,18H,7-11H2,1-6H3/t13-,23?/m0/s1. The summed E-state index contributed by atoms with van der Waals surface area (Å²) in [5.74, 6) is 0.0741. The molecule has 0 saturated carbocycles. The lowest BCUT2D eigenvalue weighted by molar-refractivity contribution is 0.0169. The van der Waals surface area contributed by atoms with E-state index in [1.54, 1.807) is 4.90 Å². The van der Waals surface area contributed by atoms with Gasteiger partial charge in [-0.05, 0) is 60.3 Å². The summed E-state index contributed by atoms with van der Waals surface area (Å²) < 4.78 is 33.4. The van der Waals surface area contributed by atoms with Gasteiger partial charge in [-0.25, -0.2) is 18.1 Å². The van der Waals surface area contributed by atoms with Crippen LogP contribution in [0.3, 0.4) is 0 Å². The molecule has 0 bridgehead atoms. The van der Waals surface area contributed by atoms with Crippen LogP contribution >= 0.6 is 0 Å². The van der Waals surface area contributed by atoms with Crippen molar-refractivity contribution in [2.24, 2.45) is 5.92 Å². The van der Waals surface area contributed by atoms with Gasteiger partial charge in [-0.1, -0.05) is 0 Å². The van der Waals surface area contributed by atoms with Crippen LogP contribution in [0.4, 0.5) is 9.18 Å². The van der Waals surface area contributed by atoms with Gasteiger partial charge in [-0.3, -0.25) is 0 Å². The Balaban J connectivity index is 2.53. The number of likely N-dealkylation sites (tertiary alicyclic amines) is 1. The first-order chi connectivity index (χ1) is 10.4. The summed E-state index contributed by atoms with van der Waals surface area (Å²) in [6.45, 7) is 11.6. The highest BCUT2D eigenvalue weighted by atomic mass is 32.2. The van der Waals surface area contributed by atoms with Gasteiger partial charge in [0.05, 0.1) is 21.8 Å². The number of halogens is 1. The number of ether oxygens (including phenoxy) is 1. The normalized spacial score (nSPS) is 20.2. The van der Waals surface area contributed by atoms with Gasteiger partial charge in [0.15, 0.2) is 0 Å². The van der Waals surface area contributed by atoms with E-state index in [-0.39, 0.29) is 12.0 Å². The zero-order chi connectivity index (χ0) is 17.8. The van der Waals surface area contributed by atoms with E-state index in [4.69, 9.17) is 4.74 Å². The molecule has 2 atom stereocenters. The quantitative estimate of drug-likeness (QED) is 0.848. The summed E-state index contributed by atoms with van der Waals surface area (Å²) in [4.78, 5) is 13.7. The number of amides is 1. The van der Waals surface area contributed by atoms with E-state index < -0.39 is 34.1 Å². The van der Waals surface area contributed by atoms with Crippen molar-refractivity contribution in [3.8, 4) is 0 Å². The molecule has 0 aromatic rings. The SMILES string of the molecule is CC(C)(C)OC(=O)N1CCC([C@H](CF)NS(=O)C(C)(C)C)CC1. The summed E-state index contributed by atoms with van der Waals surface area (Å²) in [6.07, 6.45) is 1.05. The molecule has 5 nitrogen and oxygen atoms in total. The second-order valence-corrected chi connectivity index (χ2v) is 10.1. The maximum Gasteiger partial charge on any atom is 0.410 e. The van der Waals surface area contributed by atoms with Crippen LogP contribution in [0.25, 0.3) is 0 Å². The first-order valence-corrected chi connectivity index (χ1v) is 9.31. The Labute approximate surface area is 141 Å². The van der Waals surface area contributed by atoms with Crippen molar-refractivity contribution in [2.45, 2.75) is 70.8 Å². The predicted molar refractivity (Wildman–Crippen MR) is 91.3 cm³/mol. The van der Waals surface area contributed by atoms with E-state index >= 15 is 0 Å². The zero-order valence-electron chi connectivity index (χ0n) is 15.1. The molecular formula is C16H31FN2O3S. The Kier molecular flexibility index (Phi) is 7.01. The van der Waals surface area contributed by atoms with E-state index in [9.17, 15) is 13.4 Å². The summed E-state index contributed by atoms with van der Waals surface area (Å²) in [5, 5.41) is 0. The van der Waals surface area contributed by atoms with Gasteiger partial charge in [-0.15, -0.1) is 0 Å². The minimum atomic E-state index is -1.30. The highest BCUT2D eigenvalue weighted by molar-refractivity contribution is 7.84. The third-order valence-corrected chi connectivity index (χ3v) is 5.37. The number of rotatable bonds is 4. The average Bonchev–Trinajstić information content (AvgIpc) is 2.41. The number of hydrogen-bond acceptors (Lipinski definition) is 3. The van der Waals surface area contributed by atoms with Gasteiger partial charge in [-0.2, -0.15) is 0 Å². The van der Waals surface area contributed by atoms with Crippen molar-refractivity contribution in [2.75, 3.05) is 19.8 Å². The first-order valence-electron chi connectivity index (χ1n) is 8.16. The zero-order valence-corrected chi connectivity index (χ0v) is 16.0. The lowest BCUT2D eigenvalue weighted by Gasteiger charge is -2.36. The monoisotopic (exact) mass is 350 g/mol. The number of alkyl halides is 1. The summed E-state index contributed by atoms with van der Waals surface area (Å²) in [6, 6.07) is -0.434. The van der Waals surface area contributed by atoms with Gasteiger partial charge < -0.3 is 9.64 Å². The maximum atomic E-state index is 13.4. The van der Waals surface area contributed by atoms with Crippen LogP contribution in [0.5, 0.6) is 0 Å². The molecule has 136 valence electrons. The average molecular weight is 351 g/mol. The summed E-state index contributed by atoms with van der Waals surface area (Å²) in [5.41, 5.74) is -0.513. The molecule has 23 heavy (non-hydrogen) atoms. The number of carbonyl (C=O) groups excluding carboxylic acids is 1. The molecule has 1 heterocycles. The fraction of sp³-hybridized carbons (Fsp3) is 0.938. The van der Waals surface area contributed by atoms with Crippen LogP contribution < -0.4 is 4.72 Å². The minimum Gasteiger partial charge on any atom is -0.444 e. The molecule has 1 fully saturated rings. The number of nitrogens with one attached hydrogen (secondary N) is 1. The summed E-state index contributed by atoms with van der Waals surface area (Å²) >= 11 is 0. The van der Waals surface area contributed by atoms with Crippen LogP contribution in [0.1, 0.15) is 54.4 Å². The Morgan fingerprint density at radius 2 is 1.78 bits per heavy atom. The molecular weight excluding hydrogens is 319 g/mol. The third kappa shape index (κ3) is 6.75. The number of carbonyl (C=O) groups is 1. The van der Waals surface area contributed by atoms with Gasteiger partial charge in [0.1, 0.15) is 12.3 Å². The Morgan fingerprint density at radius 3 is 2.17 bits per heavy atom. The van der Waals surface area contributed by atoms with Crippen molar-refractivity contribution in [1.82, 2.24) is 9.62 Å². The van der Waals surface area contributed by atoms with E-state index in [1.165, 1.54) is 0 Å². The highest BCUT2D eigenvalue weighted by Gasteiger charge is 2.32. The second-order valence-electron chi connectivity index (χ2n) is 8.06. The molecule has 0 radical (unpaired) electrons. The molecule has 1 aliphatic heterocycles. The molecule has 0 spiro atoms. The molecule has 1 amide bonds. The molecule has 0 aromatic carbocycles. The Bertz CT molecular complexity index is 424. The van der Waals surface area contributed by atoms with Gasteiger partial charge in [0.25, 0.3) is 0 Å². The molecule has 7 heteroatoms. The summed E-state index contributed by atoms with van der Waals surface area (Å²) in [7, 11) is -1.30. The van der Waals surface area contributed by atoms with Crippen LogP contribution in [0, 0.1) is 5.92 Å². The molecule has 1 unspecified atom stereocenters. The smallest absolute Gasteiger partial charge is 0.410 e. The van der Waals surface area contributed by atoms with Crippen LogP contribution in [-0.4, -0.2) is 51.4 Å². The molecule has 1 saturated heterocycles. The second kappa shape index (κ2) is 7.92. The predicted octanol–water partition coefficient (Wildman–Crippen LogP) is 3.02. The molecule has 0 aliphatic carbocycles. The number of hydrogen-bond donors (Lipinski definition) is 1. The van der Waals surface area contributed by atoms with E-state index in [2.05, 4.69) is 4.72 Å². The van der Waals surface area contributed by atoms with Gasteiger partial charge in [0.2, 0.25) is 0 Å². The lowest BCUT2D eigenvalue weighted by atomic mass is 9.91. The fourth-order valence-electron chi connectivity index (χ4n) is 2.38. The van der Waals surface area contributed by atoms with Crippen molar-refractivity contribution in [3.63, 3.8) is 0 Å². The topological polar surface area (TPSA) is 58.6 Å². The van der Waals surface area contributed by atoms with Crippen molar-refractivity contribution >= 4 is 17.1 Å². The maximum absolute atomic E-state index is 13.4. The van der Waals surface area contributed by atoms with Gasteiger partial charge in [0, 0.05) is 13.1 Å². The minimum absolute atomic E-state index is 0.0741. The molecule has 1 N–H and O–H groups in total. The highest BCUT2D eigenvalue weighted by Crippen LogP contribution is 2.24. The van der Waals surface area contributed by atoms with E-state index in [1.807, 2.05) is 41.5 Å². The van der Waals surface area contributed by atoms with Crippen LogP contribution in [-0.2, 0) is 15.7 Å². The lowest BCUT2D eigenvalue weighted by Crippen LogP contribution is -2.49. The van der Waals surface area contributed by atoms with E-state index in [0.29, 0.717) is 25.9 Å². The largest absolute Gasteiger partial charge is 0.444 e. The van der Waals surface area contributed by atoms with Crippen molar-refractivity contribution in [3.05, 3.63) is 0 Å². The Morgan fingerprint density at radius 1 is 1.26 bits per heavy atom. The van der Waals surface area contributed by atoms with Gasteiger partial charge >= 0.3 is 6.09 Å².